The summed E-state index contributed by atoms with van der Waals surface area (Å²) in [4.78, 5) is 49.1. The Balaban J connectivity index is 1.47. The zero-order valence-corrected chi connectivity index (χ0v) is 32.6. The number of carbonyl (C=O) groups excluding carboxylic acids is 2. The molecule has 0 saturated heterocycles. The number of hydrogen-bond donors (Lipinski definition) is 2. The summed E-state index contributed by atoms with van der Waals surface area (Å²) in [5.41, 5.74) is 14.2. The molecule has 282 valence electrons. The Morgan fingerprint density at radius 3 is 1.14 bits per heavy atom. The molecule has 3 aromatic heterocycles. The van der Waals surface area contributed by atoms with Gasteiger partial charge in [-0.25, -0.2) is 9.97 Å². The molecule has 7 aromatic rings. The summed E-state index contributed by atoms with van der Waals surface area (Å²) in [6.07, 6.45) is 7.94. The second-order valence-electron chi connectivity index (χ2n) is 14.6. The normalized spacial score (nSPS) is 11.8. The number of amides is 2. The summed E-state index contributed by atoms with van der Waals surface area (Å²) in [6.45, 7) is 7.21. The van der Waals surface area contributed by atoms with Gasteiger partial charge in [0.05, 0.1) is 45.2 Å². The van der Waals surface area contributed by atoms with Crippen LogP contribution in [0.5, 0.6) is 0 Å². The number of nitrogens with zero attached hydrogens (tertiary/aromatic N) is 4. The number of nitrogens with one attached hydrogen (secondary N) is 2. The van der Waals surface area contributed by atoms with Crippen LogP contribution in [0.3, 0.4) is 0 Å². The number of aromatic nitrogens is 4. The summed E-state index contributed by atoms with van der Waals surface area (Å²) in [7, 11) is 0. The van der Waals surface area contributed by atoms with E-state index in [-0.39, 0.29) is 11.8 Å². The molecule has 2 aliphatic rings. The van der Waals surface area contributed by atoms with Crippen LogP contribution in [0.2, 0.25) is 0 Å². The number of fused-ring (bicyclic) bond motifs is 8. The molecule has 4 aromatic carbocycles. The summed E-state index contributed by atoms with van der Waals surface area (Å²) < 4.78 is 0. The van der Waals surface area contributed by atoms with Crippen LogP contribution >= 0.6 is 0 Å². The quantitative estimate of drug-likeness (QED) is 0.176. The lowest BCUT2D eigenvalue weighted by molar-refractivity contribution is -0.116. The van der Waals surface area contributed by atoms with Crippen molar-refractivity contribution in [2.75, 3.05) is 9.80 Å². The summed E-state index contributed by atoms with van der Waals surface area (Å²) in [5, 5.41) is 0. The zero-order chi connectivity index (χ0) is 39.9. The van der Waals surface area contributed by atoms with E-state index < -0.39 is 0 Å². The molecule has 9 rings (SSSR count). The topological polar surface area (TPSA) is 98.0 Å². The van der Waals surface area contributed by atoms with Crippen molar-refractivity contribution in [1.82, 2.24) is 19.9 Å². The lowest BCUT2D eigenvalue weighted by Crippen LogP contribution is -2.23. The minimum absolute atomic E-state index is 0.156. The molecule has 0 spiro atoms. The molecule has 0 radical (unpaired) electrons. The van der Waals surface area contributed by atoms with Crippen LogP contribution in [0.4, 0.5) is 22.7 Å². The van der Waals surface area contributed by atoms with E-state index >= 15 is 0 Å². The van der Waals surface area contributed by atoms with E-state index in [2.05, 4.69) is 34.2 Å². The molecule has 8 heteroatoms. The SMILES string of the molecule is CC(=O)N(c1ccc(C)cc1)c1c2nc(c(-c3ccccc3)c3ccc([nH]3)c(N(C(C)=O)c3ccc(C)cc3)c3nc(c(-c4ccccc4)c4ccc1[nH]4)C=C3)C=C2. The van der Waals surface area contributed by atoms with E-state index in [1.165, 1.54) is 0 Å². The highest BCUT2D eigenvalue weighted by molar-refractivity contribution is 6.09. The van der Waals surface area contributed by atoms with Gasteiger partial charge in [0.2, 0.25) is 11.8 Å². The van der Waals surface area contributed by atoms with Crippen LogP contribution in [0.15, 0.2) is 133 Å². The van der Waals surface area contributed by atoms with Gasteiger partial charge < -0.3 is 9.97 Å². The van der Waals surface area contributed by atoms with Gasteiger partial charge in [-0.2, -0.15) is 0 Å². The Hall–Kier alpha value is -7.58. The average molecular weight is 757 g/mol. The standard InChI is InChI=1S/C50H40N6O2/c1-31-15-19-37(20-16-31)55(33(3)57)49-43-27-23-39(51-43)47(35-11-7-5-8-12-35)41-25-29-45(53-41)50(56(34(4)58)38-21-17-32(2)18-22-38)46-30-26-42(54-46)48(36-13-9-6-10-14-36)40-24-28-44(49)52-40/h5-30,51,54H,1-4H3. The molecule has 2 amide bonds. The van der Waals surface area contributed by atoms with Gasteiger partial charge >= 0.3 is 0 Å². The molecule has 0 saturated carbocycles. The van der Waals surface area contributed by atoms with Gasteiger partial charge in [-0.05, 0) is 97.8 Å². The van der Waals surface area contributed by atoms with E-state index in [4.69, 9.17) is 9.97 Å². The highest BCUT2D eigenvalue weighted by Crippen LogP contribution is 2.40. The third-order valence-corrected chi connectivity index (χ3v) is 10.5. The second kappa shape index (κ2) is 14.8. The largest absolute Gasteiger partial charge is 0.353 e. The number of hydrogen-bond acceptors (Lipinski definition) is 4. The van der Waals surface area contributed by atoms with Crippen molar-refractivity contribution in [3.8, 4) is 22.3 Å². The smallest absolute Gasteiger partial charge is 0.228 e. The first-order valence-electron chi connectivity index (χ1n) is 19.3. The number of rotatable bonds is 6. The molecule has 0 aliphatic carbocycles. The van der Waals surface area contributed by atoms with E-state index in [1.54, 1.807) is 23.6 Å². The molecule has 5 heterocycles. The van der Waals surface area contributed by atoms with Crippen molar-refractivity contribution < 1.29 is 9.59 Å². The number of aryl methyl sites for hydroxylation is 2. The Labute approximate surface area is 336 Å². The molecular formula is C50H40N6O2. The van der Waals surface area contributed by atoms with Crippen molar-refractivity contribution in [3.05, 3.63) is 167 Å². The molecular weight excluding hydrogens is 717 g/mol. The van der Waals surface area contributed by atoms with Crippen molar-refractivity contribution in [2.24, 2.45) is 0 Å². The highest BCUT2D eigenvalue weighted by atomic mass is 16.2. The maximum Gasteiger partial charge on any atom is 0.228 e. The first-order chi connectivity index (χ1) is 28.2. The van der Waals surface area contributed by atoms with Gasteiger partial charge in [-0.1, -0.05) is 96.1 Å². The zero-order valence-electron chi connectivity index (χ0n) is 32.6. The van der Waals surface area contributed by atoms with Crippen LogP contribution in [0.1, 0.15) is 47.8 Å². The van der Waals surface area contributed by atoms with E-state index in [0.717, 1.165) is 55.8 Å². The van der Waals surface area contributed by atoms with Crippen molar-refractivity contribution >= 4 is 80.9 Å². The first kappa shape index (κ1) is 36.1. The molecule has 0 fully saturated rings. The predicted molar refractivity (Wildman–Crippen MR) is 238 cm³/mol. The van der Waals surface area contributed by atoms with Gasteiger partial charge in [0.1, 0.15) is 0 Å². The Bertz CT molecular complexity index is 2750. The Morgan fingerprint density at radius 1 is 0.431 bits per heavy atom. The van der Waals surface area contributed by atoms with Crippen molar-refractivity contribution in [1.29, 1.82) is 0 Å². The third-order valence-electron chi connectivity index (χ3n) is 10.5. The molecule has 58 heavy (non-hydrogen) atoms. The second-order valence-corrected chi connectivity index (χ2v) is 14.6. The Kier molecular flexibility index (Phi) is 9.22. The maximum absolute atomic E-state index is 13.8. The van der Waals surface area contributed by atoms with Gasteiger partial charge in [0, 0.05) is 47.4 Å². The van der Waals surface area contributed by atoms with Gasteiger partial charge in [0.15, 0.2) is 0 Å². The van der Waals surface area contributed by atoms with Gasteiger partial charge in [0.25, 0.3) is 0 Å². The van der Waals surface area contributed by atoms with Crippen LogP contribution in [0.25, 0.3) is 68.6 Å². The number of benzene rings is 4. The van der Waals surface area contributed by atoms with Crippen LogP contribution in [-0.4, -0.2) is 31.8 Å². The maximum atomic E-state index is 13.8. The third kappa shape index (κ3) is 6.60. The van der Waals surface area contributed by atoms with Crippen LogP contribution in [0, 0.1) is 13.8 Å². The number of aromatic amines is 2. The monoisotopic (exact) mass is 756 g/mol. The van der Waals surface area contributed by atoms with E-state index in [0.29, 0.717) is 45.2 Å². The van der Waals surface area contributed by atoms with Crippen molar-refractivity contribution in [3.63, 3.8) is 0 Å². The average Bonchev–Trinajstić information content (AvgIpc) is 4.07. The number of H-pyrrole nitrogens is 2. The lowest BCUT2D eigenvalue weighted by Gasteiger charge is -2.22. The molecule has 0 unspecified atom stereocenters. The minimum atomic E-state index is -0.156. The fourth-order valence-corrected chi connectivity index (χ4v) is 7.79. The fraction of sp³-hybridized carbons (Fsp3) is 0.0800. The summed E-state index contributed by atoms with van der Waals surface area (Å²) in [5.74, 6) is -0.312. The first-order valence-corrected chi connectivity index (χ1v) is 19.3. The molecule has 2 aliphatic heterocycles. The van der Waals surface area contributed by atoms with E-state index in [1.807, 2.05) is 147 Å². The van der Waals surface area contributed by atoms with Crippen LogP contribution in [-0.2, 0) is 9.59 Å². The number of carbonyl (C=O) groups is 2. The lowest BCUT2D eigenvalue weighted by atomic mass is 10.0. The number of anilines is 4. The van der Waals surface area contributed by atoms with Crippen LogP contribution < -0.4 is 9.80 Å². The Morgan fingerprint density at radius 2 is 0.776 bits per heavy atom. The molecule has 0 atom stereocenters. The molecule has 8 bridgehead atoms. The molecule has 2 N–H and O–H groups in total. The van der Waals surface area contributed by atoms with Crippen molar-refractivity contribution in [2.45, 2.75) is 27.7 Å². The fourth-order valence-electron chi connectivity index (χ4n) is 7.79. The summed E-state index contributed by atoms with van der Waals surface area (Å²) in [6, 6.07) is 44.2. The highest BCUT2D eigenvalue weighted by Gasteiger charge is 2.25. The summed E-state index contributed by atoms with van der Waals surface area (Å²) >= 11 is 0. The van der Waals surface area contributed by atoms with Gasteiger partial charge in [-0.3, -0.25) is 19.4 Å². The van der Waals surface area contributed by atoms with E-state index in [9.17, 15) is 9.59 Å². The molecule has 8 nitrogen and oxygen atoms in total. The van der Waals surface area contributed by atoms with Gasteiger partial charge in [-0.15, -0.1) is 0 Å². The predicted octanol–water partition coefficient (Wildman–Crippen LogP) is 12.0. The minimum Gasteiger partial charge on any atom is -0.353 e.